The molecule has 16 heavy (non-hydrogen) atoms. The molecule has 0 saturated heterocycles. The van der Waals surface area contributed by atoms with Gasteiger partial charge in [-0.15, -0.1) is 0 Å². The molecule has 1 aliphatic carbocycles. The van der Waals surface area contributed by atoms with Gasteiger partial charge < -0.3 is 10.4 Å². The van der Waals surface area contributed by atoms with Crippen molar-refractivity contribution in [1.82, 2.24) is 5.32 Å². The molecule has 1 fully saturated rings. The number of aliphatic hydroxyl groups excluding tert-OH is 1. The summed E-state index contributed by atoms with van der Waals surface area (Å²) in [7, 11) is 0. The fraction of sp³-hybridized carbons (Fsp3) is 0.538. The Balaban J connectivity index is 1.80. The Morgan fingerprint density at radius 3 is 2.88 bits per heavy atom. The van der Waals surface area contributed by atoms with Gasteiger partial charge in [0.15, 0.2) is 0 Å². The Kier molecular flexibility index (Phi) is 3.56. The van der Waals surface area contributed by atoms with E-state index in [0.29, 0.717) is 18.5 Å². The van der Waals surface area contributed by atoms with E-state index in [0.717, 1.165) is 18.4 Å². The normalized spacial score (nSPS) is 26.2. The van der Waals surface area contributed by atoms with Crippen LogP contribution in [0.4, 0.5) is 4.39 Å². The molecule has 1 unspecified atom stereocenters. The summed E-state index contributed by atoms with van der Waals surface area (Å²) < 4.78 is 13.0. The number of hydrogen-bond donors (Lipinski definition) is 2. The molecule has 1 atom stereocenters. The van der Waals surface area contributed by atoms with E-state index < -0.39 is 0 Å². The third kappa shape index (κ3) is 2.80. The van der Waals surface area contributed by atoms with Gasteiger partial charge in [0.1, 0.15) is 5.82 Å². The summed E-state index contributed by atoms with van der Waals surface area (Å²) in [5.74, 6) is 0.320. The number of benzene rings is 1. The van der Waals surface area contributed by atoms with Gasteiger partial charge in [0.25, 0.3) is 0 Å². The lowest BCUT2D eigenvalue weighted by Crippen LogP contribution is -2.42. The molecule has 1 saturated carbocycles. The number of nitrogens with one attached hydrogen (secondary N) is 1. The molecular weight excluding hydrogens is 205 g/mol. The van der Waals surface area contributed by atoms with E-state index in [2.05, 4.69) is 5.32 Å². The number of rotatable bonds is 4. The third-order valence-corrected chi connectivity index (χ3v) is 3.16. The first-order valence-electron chi connectivity index (χ1n) is 5.82. The highest BCUT2D eigenvalue weighted by molar-refractivity contribution is 5.23. The summed E-state index contributed by atoms with van der Waals surface area (Å²) in [6.45, 7) is 2.41. The van der Waals surface area contributed by atoms with Gasteiger partial charge in [-0.1, -0.05) is 12.1 Å². The van der Waals surface area contributed by atoms with Crippen LogP contribution < -0.4 is 5.32 Å². The van der Waals surface area contributed by atoms with E-state index in [-0.39, 0.29) is 11.9 Å². The van der Waals surface area contributed by atoms with E-state index in [1.807, 2.05) is 6.07 Å². The lowest BCUT2D eigenvalue weighted by atomic mass is 9.76. The fourth-order valence-corrected chi connectivity index (χ4v) is 2.15. The maximum absolute atomic E-state index is 13.0. The van der Waals surface area contributed by atoms with Gasteiger partial charge in [0.05, 0.1) is 6.10 Å². The fourth-order valence-electron chi connectivity index (χ4n) is 2.15. The van der Waals surface area contributed by atoms with Crippen LogP contribution in [0.25, 0.3) is 0 Å². The van der Waals surface area contributed by atoms with Crippen LogP contribution in [0.2, 0.25) is 0 Å². The van der Waals surface area contributed by atoms with Crippen molar-refractivity contribution in [3.8, 4) is 0 Å². The smallest absolute Gasteiger partial charge is 0.123 e. The van der Waals surface area contributed by atoms with Gasteiger partial charge in [0, 0.05) is 12.6 Å². The average Bonchev–Trinajstić information content (AvgIpc) is 2.14. The van der Waals surface area contributed by atoms with E-state index in [9.17, 15) is 4.39 Å². The van der Waals surface area contributed by atoms with Gasteiger partial charge in [-0.2, -0.15) is 0 Å². The SMILES string of the molecule is CC(O)CNC1CC(c2cccc(F)c2)C1. The standard InChI is InChI=1S/C13H18FNO/c1-9(16)8-15-13-6-11(7-13)10-3-2-4-12(14)5-10/h2-5,9,11,13,15-16H,6-8H2,1H3. The number of aliphatic hydroxyl groups is 1. The van der Waals surface area contributed by atoms with Crippen LogP contribution in [0.1, 0.15) is 31.2 Å². The van der Waals surface area contributed by atoms with Crippen LogP contribution in [-0.4, -0.2) is 23.8 Å². The molecule has 3 heteroatoms. The van der Waals surface area contributed by atoms with Crippen molar-refractivity contribution in [2.75, 3.05) is 6.54 Å². The Morgan fingerprint density at radius 1 is 1.50 bits per heavy atom. The first kappa shape index (κ1) is 11.6. The second kappa shape index (κ2) is 4.93. The van der Waals surface area contributed by atoms with Gasteiger partial charge in [-0.05, 0) is 43.4 Å². The van der Waals surface area contributed by atoms with Crippen molar-refractivity contribution < 1.29 is 9.50 Å². The Hall–Kier alpha value is -0.930. The molecule has 1 aromatic carbocycles. The lowest BCUT2D eigenvalue weighted by Gasteiger charge is -2.36. The zero-order valence-electron chi connectivity index (χ0n) is 9.49. The van der Waals surface area contributed by atoms with Crippen LogP contribution in [-0.2, 0) is 0 Å². The predicted molar refractivity (Wildman–Crippen MR) is 61.8 cm³/mol. The number of halogens is 1. The van der Waals surface area contributed by atoms with Crippen LogP contribution >= 0.6 is 0 Å². The predicted octanol–water partition coefficient (Wildman–Crippen LogP) is 2.04. The summed E-state index contributed by atoms with van der Waals surface area (Å²) in [5, 5.41) is 12.4. The second-order valence-electron chi connectivity index (χ2n) is 4.68. The van der Waals surface area contributed by atoms with Crippen molar-refractivity contribution in [3.05, 3.63) is 35.6 Å². The molecule has 88 valence electrons. The highest BCUT2D eigenvalue weighted by atomic mass is 19.1. The van der Waals surface area contributed by atoms with Crippen molar-refractivity contribution in [2.24, 2.45) is 0 Å². The molecule has 0 amide bonds. The summed E-state index contributed by atoms with van der Waals surface area (Å²) >= 11 is 0. The zero-order valence-corrected chi connectivity index (χ0v) is 9.49. The van der Waals surface area contributed by atoms with Gasteiger partial charge in [0.2, 0.25) is 0 Å². The molecular formula is C13H18FNO. The quantitative estimate of drug-likeness (QED) is 0.818. The minimum atomic E-state index is -0.298. The van der Waals surface area contributed by atoms with Crippen LogP contribution in [0.5, 0.6) is 0 Å². The van der Waals surface area contributed by atoms with Crippen molar-refractivity contribution in [2.45, 2.75) is 37.8 Å². The molecule has 1 aliphatic rings. The van der Waals surface area contributed by atoms with E-state index >= 15 is 0 Å². The Labute approximate surface area is 95.5 Å². The summed E-state index contributed by atoms with van der Waals surface area (Å²) in [6, 6.07) is 7.32. The molecule has 2 rings (SSSR count). The topological polar surface area (TPSA) is 32.3 Å². The highest BCUT2D eigenvalue weighted by Crippen LogP contribution is 2.36. The minimum Gasteiger partial charge on any atom is -0.392 e. The molecule has 2 nitrogen and oxygen atoms in total. The lowest BCUT2D eigenvalue weighted by molar-refractivity contribution is 0.171. The molecule has 0 spiro atoms. The first-order valence-corrected chi connectivity index (χ1v) is 5.82. The van der Waals surface area contributed by atoms with Crippen molar-refractivity contribution in [3.63, 3.8) is 0 Å². The molecule has 0 radical (unpaired) electrons. The summed E-state index contributed by atoms with van der Waals surface area (Å²) in [6.07, 6.45) is 1.78. The van der Waals surface area contributed by atoms with E-state index in [1.165, 1.54) is 6.07 Å². The van der Waals surface area contributed by atoms with E-state index in [4.69, 9.17) is 5.11 Å². The molecule has 0 aromatic heterocycles. The van der Waals surface area contributed by atoms with Gasteiger partial charge in [-0.3, -0.25) is 0 Å². The first-order chi connectivity index (χ1) is 7.65. The van der Waals surface area contributed by atoms with Crippen LogP contribution in [0.3, 0.4) is 0 Å². The van der Waals surface area contributed by atoms with E-state index in [1.54, 1.807) is 19.1 Å². The summed E-state index contributed by atoms with van der Waals surface area (Å²) in [5.41, 5.74) is 1.09. The largest absolute Gasteiger partial charge is 0.392 e. The number of hydrogen-bond acceptors (Lipinski definition) is 2. The molecule has 0 aliphatic heterocycles. The van der Waals surface area contributed by atoms with Crippen LogP contribution in [0.15, 0.2) is 24.3 Å². The Morgan fingerprint density at radius 2 is 2.25 bits per heavy atom. The molecule has 0 bridgehead atoms. The average molecular weight is 223 g/mol. The summed E-state index contributed by atoms with van der Waals surface area (Å²) in [4.78, 5) is 0. The third-order valence-electron chi connectivity index (χ3n) is 3.16. The maximum Gasteiger partial charge on any atom is 0.123 e. The molecule has 2 N–H and O–H groups in total. The van der Waals surface area contributed by atoms with Crippen LogP contribution in [0, 0.1) is 5.82 Å². The van der Waals surface area contributed by atoms with Crippen molar-refractivity contribution in [1.29, 1.82) is 0 Å². The second-order valence-corrected chi connectivity index (χ2v) is 4.68. The minimum absolute atomic E-state index is 0.155. The Bertz CT molecular complexity index is 348. The maximum atomic E-state index is 13.0. The van der Waals surface area contributed by atoms with Gasteiger partial charge in [-0.25, -0.2) is 4.39 Å². The molecule has 1 aromatic rings. The van der Waals surface area contributed by atoms with Crippen molar-refractivity contribution >= 4 is 0 Å². The zero-order chi connectivity index (χ0) is 11.5. The molecule has 0 heterocycles. The monoisotopic (exact) mass is 223 g/mol. The van der Waals surface area contributed by atoms with Gasteiger partial charge >= 0.3 is 0 Å². The highest BCUT2D eigenvalue weighted by Gasteiger charge is 2.29.